The molecule has 0 aliphatic heterocycles. The number of carbonyl (C=O) groups is 2. The molecule has 0 radical (unpaired) electrons. The molecule has 1 aromatic rings. The van der Waals surface area contributed by atoms with Crippen molar-refractivity contribution in [1.29, 1.82) is 0 Å². The van der Waals surface area contributed by atoms with Crippen LogP contribution in [0, 0.1) is 11.7 Å². The first kappa shape index (κ1) is 15.9. The van der Waals surface area contributed by atoms with Crippen molar-refractivity contribution >= 4 is 27.8 Å². The fourth-order valence-corrected chi connectivity index (χ4v) is 3.41. The van der Waals surface area contributed by atoms with E-state index in [1.54, 1.807) is 6.07 Å². The number of rotatable bonds is 3. The predicted octanol–water partition coefficient (Wildman–Crippen LogP) is 3.35. The molecule has 6 heteroatoms. The van der Waals surface area contributed by atoms with Crippen molar-refractivity contribution < 1.29 is 19.1 Å². The van der Waals surface area contributed by atoms with Crippen LogP contribution in [0.15, 0.2) is 22.7 Å². The van der Waals surface area contributed by atoms with Gasteiger partial charge in [0.25, 0.3) is 5.91 Å². The van der Waals surface area contributed by atoms with Gasteiger partial charge in [-0.2, -0.15) is 0 Å². The Balaban J connectivity index is 2.33. The molecule has 4 nitrogen and oxygen atoms in total. The SMILES string of the molecule is CC1CCCCC1(NC(=O)c1c(F)cccc1Br)C(=O)O. The zero-order chi connectivity index (χ0) is 15.6. The van der Waals surface area contributed by atoms with Gasteiger partial charge in [0.1, 0.15) is 11.4 Å². The Bertz CT molecular complexity index is 558. The van der Waals surface area contributed by atoms with Gasteiger partial charge in [0.15, 0.2) is 0 Å². The molecule has 1 aliphatic rings. The highest BCUT2D eigenvalue weighted by molar-refractivity contribution is 9.10. The predicted molar refractivity (Wildman–Crippen MR) is 79.6 cm³/mol. The Labute approximate surface area is 130 Å². The van der Waals surface area contributed by atoms with Gasteiger partial charge in [0, 0.05) is 4.47 Å². The zero-order valence-electron chi connectivity index (χ0n) is 11.7. The fraction of sp³-hybridized carbons (Fsp3) is 0.467. The summed E-state index contributed by atoms with van der Waals surface area (Å²) in [7, 11) is 0. The van der Waals surface area contributed by atoms with Gasteiger partial charge in [0.2, 0.25) is 0 Å². The normalized spacial score (nSPS) is 25.4. The first-order valence-electron chi connectivity index (χ1n) is 6.88. The Morgan fingerprint density at radius 3 is 2.71 bits per heavy atom. The molecule has 21 heavy (non-hydrogen) atoms. The van der Waals surface area contributed by atoms with Crippen molar-refractivity contribution in [3.05, 3.63) is 34.1 Å². The molecule has 0 bridgehead atoms. The summed E-state index contributed by atoms with van der Waals surface area (Å²) in [6.45, 7) is 1.81. The van der Waals surface area contributed by atoms with E-state index in [-0.39, 0.29) is 11.5 Å². The van der Waals surface area contributed by atoms with Gasteiger partial charge < -0.3 is 10.4 Å². The summed E-state index contributed by atoms with van der Waals surface area (Å²) < 4.78 is 14.1. The number of amides is 1. The molecule has 1 saturated carbocycles. The van der Waals surface area contributed by atoms with E-state index < -0.39 is 23.2 Å². The number of carboxylic acid groups (broad SMARTS) is 1. The third-order valence-corrected chi connectivity index (χ3v) is 4.87. The van der Waals surface area contributed by atoms with E-state index in [1.165, 1.54) is 12.1 Å². The highest BCUT2D eigenvalue weighted by Gasteiger charge is 2.46. The largest absolute Gasteiger partial charge is 0.479 e. The first-order valence-corrected chi connectivity index (χ1v) is 7.67. The van der Waals surface area contributed by atoms with Crippen molar-refractivity contribution in [1.82, 2.24) is 5.32 Å². The Hall–Kier alpha value is -1.43. The third-order valence-electron chi connectivity index (χ3n) is 4.21. The number of aliphatic carboxylic acids is 1. The lowest BCUT2D eigenvalue weighted by molar-refractivity contribution is -0.148. The number of nitrogens with one attached hydrogen (secondary N) is 1. The highest BCUT2D eigenvalue weighted by atomic mass is 79.9. The molecule has 1 amide bonds. The van der Waals surface area contributed by atoms with E-state index in [9.17, 15) is 19.1 Å². The zero-order valence-corrected chi connectivity index (χ0v) is 13.2. The Morgan fingerprint density at radius 2 is 2.14 bits per heavy atom. The average molecular weight is 358 g/mol. The molecular weight excluding hydrogens is 341 g/mol. The molecule has 1 fully saturated rings. The van der Waals surface area contributed by atoms with Crippen molar-refractivity contribution in [3.8, 4) is 0 Å². The van der Waals surface area contributed by atoms with Gasteiger partial charge in [-0.25, -0.2) is 9.18 Å². The van der Waals surface area contributed by atoms with Crippen LogP contribution in [0.4, 0.5) is 4.39 Å². The maximum absolute atomic E-state index is 13.8. The second-order valence-corrected chi connectivity index (χ2v) is 6.33. The van der Waals surface area contributed by atoms with E-state index in [2.05, 4.69) is 21.2 Å². The highest BCUT2D eigenvalue weighted by Crippen LogP contribution is 2.34. The number of halogens is 2. The summed E-state index contributed by atoms with van der Waals surface area (Å²) in [5.74, 6) is -2.63. The summed E-state index contributed by atoms with van der Waals surface area (Å²) in [6, 6.07) is 4.21. The molecule has 2 atom stereocenters. The summed E-state index contributed by atoms with van der Waals surface area (Å²) in [4.78, 5) is 24.1. The second-order valence-electron chi connectivity index (χ2n) is 5.47. The molecule has 2 rings (SSSR count). The first-order chi connectivity index (χ1) is 9.88. The second kappa shape index (κ2) is 6.13. The van der Waals surface area contributed by atoms with Gasteiger partial charge in [0.05, 0.1) is 5.56 Å². The van der Waals surface area contributed by atoms with Crippen molar-refractivity contribution in [3.63, 3.8) is 0 Å². The molecule has 0 heterocycles. The standard InChI is InChI=1S/C15H17BrFNO3/c1-9-5-2-3-8-15(9,14(20)21)18-13(19)12-10(16)6-4-7-11(12)17/h4,6-7,9H,2-3,5,8H2,1H3,(H,18,19)(H,20,21). The Morgan fingerprint density at radius 1 is 1.43 bits per heavy atom. The van der Waals surface area contributed by atoms with Gasteiger partial charge in [-0.05, 0) is 46.8 Å². The van der Waals surface area contributed by atoms with E-state index in [1.807, 2.05) is 6.92 Å². The van der Waals surface area contributed by atoms with Crippen LogP contribution in [0.1, 0.15) is 43.0 Å². The lowest BCUT2D eigenvalue weighted by Crippen LogP contribution is -2.60. The smallest absolute Gasteiger partial charge is 0.329 e. The minimum absolute atomic E-state index is 0.157. The van der Waals surface area contributed by atoms with Crippen LogP contribution in [0.25, 0.3) is 0 Å². The van der Waals surface area contributed by atoms with Crippen LogP contribution in [-0.2, 0) is 4.79 Å². The molecule has 1 aromatic carbocycles. The van der Waals surface area contributed by atoms with Crippen LogP contribution < -0.4 is 5.32 Å². The van der Waals surface area contributed by atoms with E-state index in [4.69, 9.17) is 0 Å². The topological polar surface area (TPSA) is 66.4 Å². The third kappa shape index (κ3) is 2.95. The summed E-state index contributed by atoms with van der Waals surface area (Å²) in [5.41, 5.74) is -1.48. The quantitative estimate of drug-likeness (QED) is 0.871. The van der Waals surface area contributed by atoms with Gasteiger partial charge in [-0.1, -0.05) is 25.8 Å². The fourth-order valence-electron chi connectivity index (χ4n) is 2.88. The molecule has 0 saturated heterocycles. The lowest BCUT2D eigenvalue weighted by Gasteiger charge is -2.39. The van der Waals surface area contributed by atoms with Crippen LogP contribution in [0.5, 0.6) is 0 Å². The Kier molecular flexibility index (Phi) is 4.66. The van der Waals surface area contributed by atoms with Crippen LogP contribution in [-0.4, -0.2) is 22.5 Å². The van der Waals surface area contributed by atoms with Gasteiger partial charge in [-0.15, -0.1) is 0 Å². The molecule has 0 aromatic heterocycles. The molecule has 1 aliphatic carbocycles. The summed E-state index contributed by atoms with van der Waals surface area (Å²) in [6.07, 6.45) is 2.76. The minimum atomic E-state index is -1.32. The maximum Gasteiger partial charge on any atom is 0.329 e. The number of benzene rings is 1. The van der Waals surface area contributed by atoms with Crippen molar-refractivity contribution in [2.24, 2.45) is 5.92 Å². The summed E-state index contributed by atoms with van der Waals surface area (Å²) >= 11 is 3.13. The monoisotopic (exact) mass is 357 g/mol. The van der Waals surface area contributed by atoms with E-state index in [0.29, 0.717) is 10.9 Å². The average Bonchev–Trinajstić information content (AvgIpc) is 2.41. The van der Waals surface area contributed by atoms with Crippen molar-refractivity contribution in [2.75, 3.05) is 0 Å². The minimum Gasteiger partial charge on any atom is -0.479 e. The molecule has 114 valence electrons. The van der Waals surface area contributed by atoms with Crippen LogP contribution >= 0.6 is 15.9 Å². The number of carboxylic acids is 1. The van der Waals surface area contributed by atoms with Crippen molar-refractivity contribution in [2.45, 2.75) is 38.1 Å². The molecular formula is C15H17BrFNO3. The molecule has 0 spiro atoms. The van der Waals surface area contributed by atoms with E-state index >= 15 is 0 Å². The van der Waals surface area contributed by atoms with E-state index in [0.717, 1.165) is 19.3 Å². The van der Waals surface area contributed by atoms with Gasteiger partial charge >= 0.3 is 5.97 Å². The lowest BCUT2D eigenvalue weighted by atomic mass is 9.73. The van der Waals surface area contributed by atoms with Crippen LogP contribution in [0.2, 0.25) is 0 Å². The number of hydrogen-bond donors (Lipinski definition) is 2. The maximum atomic E-state index is 13.8. The summed E-state index contributed by atoms with van der Waals surface area (Å²) in [5, 5.41) is 12.1. The molecule has 2 unspecified atom stereocenters. The number of carbonyl (C=O) groups excluding carboxylic acids is 1. The van der Waals surface area contributed by atoms with Crippen LogP contribution in [0.3, 0.4) is 0 Å². The molecule has 2 N–H and O–H groups in total. The van der Waals surface area contributed by atoms with Gasteiger partial charge in [-0.3, -0.25) is 4.79 Å². The number of hydrogen-bond acceptors (Lipinski definition) is 2.